The van der Waals surface area contributed by atoms with Crippen LogP contribution in [-0.2, 0) is 14.9 Å². The Kier molecular flexibility index (Phi) is 6.67. The number of phenolic OH excluding ortho intramolecular Hbond substituents is 3. The summed E-state index contributed by atoms with van der Waals surface area (Å²) in [6.07, 6.45) is 0. The number of carbonyl (C=O) groups is 3. The number of hydrogen-bond acceptors (Lipinski definition) is 11. The minimum Gasteiger partial charge on any atom is -0.504 e. The number of fused-ring (bicyclic) bond motifs is 1. The standard InChI is InChI=1S/C23H12N6O9S/c24-28-26-17-16-12(20(32)23(35)18(17)27-29-25)2-1-3-15(16)39(36,37)38-11-6-4-10(5-7-11)19(31)13-8-9-14(30)22(34)21(13)33/h1-9,30,33-34H. The second-order valence-electron chi connectivity index (χ2n) is 7.63. The first-order valence-corrected chi connectivity index (χ1v) is 11.8. The molecule has 194 valence electrons. The molecule has 3 aromatic rings. The van der Waals surface area contributed by atoms with E-state index in [-0.39, 0.29) is 16.9 Å². The number of ketones is 3. The highest BCUT2D eigenvalue weighted by molar-refractivity contribution is 7.87. The van der Waals surface area contributed by atoms with E-state index in [9.17, 15) is 38.1 Å². The molecule has 15 nitrogen and oxygen atoms in total. The van der Waals surface area contributed by atoms with Crippen LogP contribution in [0.3, 0.4) is 0 Å². The molecule has 0 radical (unpaired) electrons. The van der Waals surface area contributed by atoms with Crippen molar-refractivity contribution in [2.24, 2.45) is 10.2 Å². The number of allylic oxidation sites excluding steroid dienone is 1. The molecule has 0 unspecified atom stereocenters. The molecular formula is C23H12N6O9S. The molecule has 0 saturated carbocycles. The van der Waals surface area contributed by atoms with Crippen LogP contribution in [0.2, 0.25) is 0 Å². The third-order valence-electron chi connectivity index (χ3n) is 5.41. The van der Waals surface area contributed by atoms with Crippen molar-refractivity contribution in [3.63, 3.8) is 0 Å². The number of nitrogens with zero attached hydrogens (tertiary/aromatic N) is 6. The van der Waals surface area contributed by atoms with Gasteiger partial charge in [-0.25, -0.2) is 0 Å². The Morgan fingerprint density at radius 3 is 2.10 bits per heavy atom. The van der Waals surface area contributed by atoms with E-state index < -0.39 is 72.1 Å². The summed E-state index contributed by atoms with van der Waals surface area (Å²) >= 11 is 0. The molecule has 0 amide bonds. The SMILES string of the molecule is [N-]=[N+]=NC1=C(N=[N+]=[N-])c2c(cccc2S(=O)(=O)Oc2ccc(C(=O)c3ccc(O)c(O)c3O)cc2)C(=O)C1=O. The Labute approximate surface area is 217 Å². The predicted molar refractivity (Wildman–Crippen MR) is 130 cm³/mol. The highest BCUT2D eigenvalue weighted by Crippen LogP contribution is 2.39. The van der Waals surface area contributed by atoms with Crippen LogP contribution in [0.4, 0.5) is 0 Å². The molecule has 0 spiro atoms. The van der Waals surface area contributed by atoms with E-state index in [0.717, 1.165) is 54.6 Å². The van der Waals surface area contributed by atoms with Gasteiger partial charge < -0.3 is 19.5 Å². The average Bonchev–Trinajstić information content (AvgIpc) is 2.92. The number of azide groups is 2. The van der Waals surface area contributed by atoms with Gasteiger partial charge >= 0.3 is 10.1 Å². The van der Waals surface area contributed by atoms with Crippen molar-refractivity contribution in [1.82, 2.24) is 0 Å². The van der Waals surface area contributed by atoms with Gasteiger partial charge in [0.05, 0.1) is 17.0 Å². The van der Waals surface area contributed by atoms with E-state index >= 15 is 0 Å². The van der Waals surface area contributed by atoms with Crippen molar-refractivity contribution in [3.05, 3.63) is 103 Å². The van der Waals surface area contributed by atoms with E-state index in [2.05, 4.69) is 20.1 Å². The number of benzene rings is 3. The van der Waals surface area contributed by atoms with Crippen molar-refractivity contribution in [3.8, 4) is 23.0 Å². The molecule has 0 bridgehead atoms. The molecule has 0 fully saturated rings. The third kappa shape index (κ3) is 4.56. The fourth-order valence-electron chi connectivity index (χ4n) is 3.65. The Balaban J connectivity index is 1.74. The van der Waals surface area contributed by atoms with Gasteiger partial charge in [0.15, 0.2) is 17.3 Å². The van der Waals surface area contributed by atoms with Gasteiger partial charge in [0.2, 0.25) is 17.3 Å². The van der Waals surface area contributed by atoms with Crippen molar-refractivity contribution in [1.29, 1.82) is 0 Å². The molecule has 0 aromatic heterocycles. The molecule has 1 aliphatic rings. The summed E-state index contributed by atoms with van der Waals surface area (Å²) in [4.78, 5) is 41.9. The lowest BCUT2D eigenvalue weighted by Gasteiger charge is -2.19. The molecule has 39 heavy (non-hydrogen) atoms. The number of carbonyl (C=O) groups excluding carboxylic acids is 3. The lowest BCUT2D eigenvalue weighted by molar-refractivity contribution is -0.111. The monoisotopic (exact) mass is 548 g/mol. The zero-order valence-electron chi connectivity index (χ0n) is 19.1. The summed E-state index contributed by atoms with van der Waals surface area (Å²) in [5.41, 5.74) is 14.8. The summed E-state index contributed by atoms with van der Waals surface area (Å²) in [5.74, 6) is -5.96. The van der Waals surface area contributed by atoms with Gasteiger partial charge in [0.1, 0.15) is 10.6 Å². The van der Waals surface area contributed by atoms with Gasteiger partial charge in [0, 0.05) is 26.5 Å². The second kappa shape index (κ2) is 9.91. The molecule has 0 aliphatic heterocycles. The zero-order valence-corrected chi connectivity index (χ0v) is 19.9. The maximum atomic E-state index is 13.2. The largest absolute Gasteiger partial charge is 0.504 e. The third-order valence-corrected chi connectivity index (χ3v) is 6.70. The molecule has 0 saturated heterocycles. The van der Waals surface area contributed by atoms with Crippen LogP contribution in [0, 0.1) is 0 Å². The van der Waals surface area contributed by atoms with Crippen LogP contribution in [0.5, 0.6) is 23.0 Å². The van der Waals surface area contributed by atoms with Gasteiger partial charge in [-0.1, -0.05) is 22.4 Å². The lowest BCUT2D eigenvalue weighted by atomic mass is 9.91. The van der Waals surface area contributed by atoms with Crippen LogP contribution >= 0.6 is 0 Å². The van der Waals surface area contributed by atoms with Crippen molar-refractivity contribution in [2.45, 2.75) is 4.90 Å². The van der Waals surface area contributed by atoms with E-state index in [4.69, 9.17) is 15.2 Å². The summed E-state index contributed by atoms with van der Waals surface area (Å²) in [7, 11) is -4.79. The van der Waals surface area contributed by atoms with Crippen LogP contribution in [0.15, 0.2) is 75.4 Å². The Bertz CT molecular complexity index is 1840. The Morgan fingerprint density at radius 1 is 0.821 bits per heavy atom. The fraction of sp³-hybridized carbons (Fsp3) is 0. The van der Waals surface area contributed by atoms with Gasteiger partial charge in [0.25, 0.3) is 0 Å². The Hall–Kier alpha value is -5.82. The van der Waals surface area contributed by atoms with Crippen LogP contribution < -0.4 is 4.18 Å². The number of rotatable bonds is 7. The van der Waals surface area contributed by atoms with E-state index in [1.807, 2.05) is 0 Å². The highest BCUT2D eigenvalue weighted by Gasteiger charge is 2.36. The van der Waals surface area contributed by atoms with Gasteiger partial charge in [-0.3, -0.25) is 14.4 Å². The molecule has 3 aromatic carbocycles. The first kappa shape index (κ1) is 26.2. The van der Waals surface area contributed by atoms with E-state index in [1.54, 1.807) is 0 Å². The highest BCUT2D eigenvalue weighted by atomic mass is 32.2. The minimum absolute atomic E-state index is 0.0473. The Morgan fingerprint density at radius 2 is 1.46 bits per heavy atom. The minimum atomic E-state index is -4.79. The summed E-state index contributed by atoms with van der Waals surface area (Å²) in [6, 6.07) is 9.86. The van der Waals surface area contributed by atoms with Crippen molar-refractivity contribution in [2.75, 3.05) is 0 Å². The average molecular weight is 548 g/mol. The number of Topliss-reactive ketones (excluding diaryl/α,β-unsaturated/α-hetero) is 2. The smallest absolute Gasteiger partial charge is 0.339 e. The number of phenols is 3. The second-order valence-corrected chi connectivity index (χ2v) is 9.15. The van der Waals surface area contributed by atoms with Crippen molar-refractivity contribution >= 4 is 33.2 Å². The lowest BCUT2D eigenvalue weighted by Crippen LogP contribution is -2.25. The molecule has 4 rings (SSSR count). The summed E-state index contributed by atoms with van der Waals surface area (Å²) in [6.45, 7) is 0. The molecule has 0 atom stereocenters. The van der Waals surface area contributed by atoms with E-state index in [1.165, 1.54) is 0 Å². The molecule has 3 N–H and O–H groups in total. The normalized spacial score (nSPS) is 12.7. The molecule has 1 aliphatic carbocycles. The maximum Gasteiger partial charge on any atom is 0.339 e. The quantitative estimate of drug-likeness (QED) is 0.0735. The van der Waals surface area contributed by atoms with Crippen LogP contribution in [0.25, 0.3) is 26.6 Å². The van der Waals surface area contributed by atoms with Crippen molar-refractivity contribution < 1.29 is 42.3 Å². The van der Waals surface area contributed by atoms with Gasteiger partial charge in [-0.15, -0.1) is 0 Å². The molecular weight excluding hydrogens is 536 g/mol. The number of aromatic hydroxyl groups is 3. The predicted octanol–water partition coefficient (Wildman–Crippen LogP) is 3.86. The molecule has 0 heterocycles. The van der Waals surface area contributed by atoms with E-state index in [0.29, 0.717) is 0 Å². The van der Waals surface area contributed by atoms with Gasteiger partial charge in [-0.2, -0.15) is 8.42 Å². The van der Waals surface area contributed by atoms with Gasteiger partial charge in [-0.05, 0) is 53.5 Å². The topological polar surface area (TPSA) is 253 Å². The zero-order chi connectivity index (χ0) is 28.5. The first-order chi connectivity index (χ1) is 18.5. The van der Waals surface area contributed by atoms with Crippen LogP contribution in [0.1, 0.15) is 31.8 Å². The number of hydrogen-bond donors (Lipinski definition) is 3. The first-order valence-electron chi connectivity index (χ1n) is 10.4. The summed E-state index contributed by atoms with van der Waals surface area (Å²) in [5, 5.41) is 35.4. The fourth-order valence-corrected chi connectivity index (χ4v) is 4.81. The molecule has 16 heteroatoms. The van der Waals surface area contributed by atoms with Crippen LogP contribution in [-0.4, -0.2) is 41.1 Å². The summed E-state index contributed by atoms with van der Waals surface area (Å²) < 4.78 is 31.5. The maximum absolute atomic E-state index is 13.2.